The summed E-state index contributed by atoms with van der Waals surface area (Å²) in [7, 11) is 0. The van der Waals surface area contributed by atoms with E-state index in [0.717, 1.165) is 27.7 Å². The largest absolute Gasteiger partial charge is 0.483 e. The van der Waals surface area contributed by atoms with Crippen molar-refractivity contribution in [3.63, 3.8) is 0 Å². The van der Waals surface area contributed by atoms with Gasteiger partial charge in [-0.1, -0.05) is 43.6 Å². The zero-order chi connectivity index (χ0) is 19.4. The number of aromatic nitrogens is 1. The van der Waals surface area contributed by atoms with Gasteiger partial charge in [0.05, 0.1) is 11.9 Å². The first-order valence-corrected chi connectivity index (χ1v) is 9.14. The zero-order valence-corrected chi connectivity index (χ0v) is 16.3. The number of halogens is 1. The van der Waals surface area contributed by atoms with Gasteiger partial charge in [-0.3, -0.25) is 4.79 Å². The van der Waals surface area contributed by atoms with Crippen LogP contribution in [0.4, 0.5) is 0 Å². The molecule has 0 saturated heterocycles. The minimum Gasteiger partial charge on any atom is -0.483 e. The molecule has 0 saturated carbocycles. The Morgan fingerprint density at radius 3 is 2.81 bits per heavy atom. The number of aromatic amines is 1. The second kappa shape index (κ2) is 8.27. The highest BCUT2D eigenvalue weighted by molar-refractivity contribution is 6.31. The molecule has 6 heteroatoms. The Bertz CT molecular complexity index is 959. The highest BCUT2D eigenvalue weighted by atomic mass is 35.5. The van der Waals surface area contributed by atoms with Crippen molar-refractivity contribution in [2.24, 2.45) is 5.10 Å². The van der Waals surface area contributed by atoms with Gasteiger partial charge in [0.25, 0.3) is 5.91 Å². The van der Waals surface area contributed by atoms with Crippen molar-refractivity contribution >= 4 is 34.6 Å². The van der Waals surface area contributed by atoms with E-state index in [2.05, 4.69) is 29.4 Å². The maximum absolute atomic E-state index is 12.0. The number of hydrogen-bond donors (Lipinski definition) is 2. The monoisotopic (exact) mass is 383 g/mol. The quantitative estimate of drug-likeness (QED) is 0.475. The number of ether oxygens (including phenoxy) is 1. The number of amides is 1. The molecule has 0 aliphatic rings. The van der Waals surface area contributed by atoms with Crippen LogP contribution in [0.25, 0.3) is 10.9 Å². The first kappa shape index (κ1) is 19.0. The molecule has 0 spiro atoms. The minimum absolute atomic E-state index is 0.120. The van der Waals surface area contributed by atoms with Gasteiger partial charge in [-0.25, -0.2) is 5.43 Å². The maximum atomic E-state index is 12.0. The van der Waals surface area contributed by atoms with E-state index in [1.807, 2.05) is 49.4 Å². The van der Waals surface area contributed by atoms with E-state index >= 15 is 0 Å². The predicted molar refractivity (Wildman–Crippen MR) is 110 cm³/mol. The van der Waals surface area contributed by atoms with Crippen molar-refractivity contribution in [2.45, 2.75) is 26.7 Å². The maximum Gasteiger partial charge on any atom is 0.277 e. The van der Waals surface area contributed by atoms with Crippen molar-refractivity contribution in [1.82, 2.24) is 10.4 Å². The second-order valence-electron chi connectivity index (χ2n) is 6.69. The number of benzene rings is 2. The Morgan fingerprint density at radius 1 is 1.30 bits per heavy atom. The fourth-order valence-corrected chi connectivity index (χ4v) is 2.93. The lowest BCUT2D eigenvalue weighted by atomic mass is 10.0. The first-order valence-electron chi connectivity index (χ1n) is 8.76. The highest BCUT2D eigenvalue weighted by Gasteiger charge is 2.12. The third-order valence-electron chi connectivity index (χ3n) is 4.22. The van der Waals surface area contributed by atoms with Crippen molar-refractivity contribution in [3.05, 3.63) is 64.3 Å². The van der Waals surface area contributed by atoms with Gasteiger partial charge < -0.3 is 9.72 Å². The van der Waals surface area contributed by atoms with Gasteiger partial charge in [-0.15, -0.1) is 0 Å². The van der Waals surface area contributed by atoms with Gasteiger partial charge in [0.15, 0.2) is 6.61 Å². The molecule has 0 aliphatic carbocycles. The Hall–Kier alpha value is -2.79. The molecule has 0 aliphatic heterocycles. The topological polar surface area (TPSA) is 66.5 Å². The number of carbonyl (C=O) groups excluding carboxylic acids is 1. The van der Waals surface area contributed by atoms with Crippen LogP contribution < -0.4 is 10.2 Å². The van der Waals surface area contributed by atoms with Gasteiger partial charge in [0, 0.05) is 15.9 Å². The molecule has 0 fully saturated rings. The van der Waals surface area contributed by atoms with Gasteiger partial charge >= 0.3 is 0 Å². The summed E-state index contributed by atoms with van der Waals surface area (Å²) in [4.78, 5) is 15.2. The second-order valence-corrected chi connectivity index (χ2v) is 7.09. The fourth-order valence-electron chi connectivity index (χ4n) is 2.76. The normalized spacial score (nSPS) is 11.4. The van der Waals surface area contributed by atoms with Gasteiger partial charge in [0.2, 0.25) is 0 Å². The van der Waals surface area contributed by atoms with E-state index in [4.69, 9.17) is 16.3 Å². The van der Waals surface area contributed by atoms with E-state index < -0.39 is 0 Å². The summed E-state index contributed by atoms with van der Waals surface area (Å²) in [6, 6.07) is 13.6. The van der Waals surface area contributed by atoms with Crippen LogP contribution in [-0.4, -0.2) is 23.7 Å². The van der Waals surface area contributed by atoms with Crippen LogP contribution in [0, 0.1) is 6.92 Å². The molecule has 1 amide bonds. The number of hydrogen-bond acceptors (Lipinski definition) is 3. The lowest BCUT2D eigenvalue weighted by Crippen LogP contribution is -2.25. The SMILES string of the molecule is Cc1cc(OCC(=O)NN=Cc2cc3ccccc3[nH]2)c(C(C)C)cc1Cl. The molecule has 27 heavy (non-hydrogen) atoms. The predicted octanol–water partition coefficient (Wildman–Crippen LogP) is 4.78. The van der Waals surface area contributed by atoms with E-state index in [-0.39, 0.29) is 18.4 Å². The third-order valence-corrected chi connectivity index (χ3v) is 4.62. The number of fused-ring (bicyclic) bond motifs is 1. The number of H-pyrrole nitrogens is 1. The zero-order valence-electron chi connectivity index (χ0n) is 15.5. The summed E-state index contributed by atoms with van der Waals surface area (Å²) in [6.07, 6.45) is 1.57. The lowest BCUT2D eigenvalue weighted by Gasteiger charge is -2.15. The van der Waals surface area contributed by atoms with E-state index in [1.54, 1.807) is 6.21 Å². The molecule has 3 rings (SSSR count). The number of hydrazone groups is 1. The number of para-hydroxylation sites is 1. The summed E-state index contributed by atoms with van der Waals surface area (Å²) in [5, 5.41) is 5.77. The van der Waals surface area contributed by atoms with E-state index in [9.17, 15) is 4.79 Å². The standard InChI is InChI=1S/C21H22ClN3O2/c1-13(2)17-10-18(22)14(3)8-20(17)27-12-21(26)25-23-11-16-9-15-6-4-5-7-19(15)24-16/h4-11,13,24H,12H2,1-3H3,(H,25,26). The van der Waals surface area contributed by atoms with Crippen LogP contribution in [0.2, 0.25) is 5.02 Å². The smallest absolute Gasteiger partial charge is 0.277 e. The summed E-state index contributed by atoms with van der Waals surface area (Å²) < 4.78 is 5.69. The van der Waals surface area contributed by atoms with Crippen molar-refractivity contribution in [3.8, 4) is 5.75 Å². The van der Waals surface area contributed by atoms with Crippen molar-refractivity contribution in [1.29, 1.82) is 0 Å². The van der Waals surface area contributed by atoms with Crippen molar-refractivity contribution < 1.29 is 9.53 Å². The number of rotatable bonds is 6. The molecule has 140 valence electrons. The molecule has 1 aromatic heterocycles. The fraction of sp³-hybridized carbons (Fsp3) is 0.238. The molecular weight excluding hydrogens is 362 g/mol. The first-order chi connectivity index (χ1) is 12.9. The van der Waals surface area contributed by atoms with Gasteiger partial charge in [-0.2, -0.15) is 5.10 Å². The highest BCUT2D eigenvalue weighted by Crippen LogP contribution is 2.31. The molecule has 0 unspecified atom stereocenters. The number of nitrogens with one attached hydrogen (secondary N) is 2. The summed E-state index contributed by atoms with van der Waals surface area (Å²) >= 11 is 6.19. The Kier molecular flexibility index (Phi) is 5.81. The number of aryl methyl sites for hydroxylation is 1. The van der Waals surface area contributed by atoms with Gasteiger partial charge in [-0.05, 0) is 48.2 Å². The number of nitrogens with zero attached hydrogens (tertiary/aromatic N) is 1. The summed E-state index contributed by atoms with van der Waals surface area (Å²) in [5.74, 6) is 0.576. The molecular formula is C21H22ClN3O2. The van der Waals surface area contributed by atoms with E-state index in [0.29, 0.717) is 10.8 Å². The van der Waals surface area contributed by atoms with Crippen LogP contribution in [-0.2, 0) is 4.79 Å². The molecule has 1 heterocycles. The third kappa shape index (κ3) is 4.68. The molecule has 0 radical (unpaired) electrons. The minimum atomic E-state index is -0.329. The van der Waals surface area contributed by atoms with E-state index in [1.165, 1.54) is 0 Å². The Morgan fingerprint density at radius 2 is 2.07 bits per heavy atom. The van der Waals surface area contributed by atoms with Crippen LogP contribution in [0.3, 0.4) is 0 Å². The Balaban J connectivity index is 1.59. The molecule has 5 nitrogen and oxygen atoms in total. The molecule has 3 aromatic rings. The summed E-state index contributed by atoms with van der Waals surface area (Å²) in [5.41, 5.74) is 6.20. The van der Waals surface area contributed by atoms with Crippen LogP contribution in [0.1, 0.15) is 36.6 Å². The van der Waals surface area contributed by atoms with Crippen LogP contribution >= 0.6 is 11.6 Å². The molecule has 0 bridgehead atoms. The number of carbonyl (C=O) groups is 1. The van der Waals surface area contributed by atoms with Crippen LogP contribution in [0.15, 0.2) is 47.6 Å². The average Bonchev–Trinajstić information content (AvgIpc) is 3.05. The molecule has 2 aromatic carbocycles. The Labute approximate surface area is 163 Å². The molecule has 0 atom stereocenters. The average molecular weight is 384 g/mol. The summed E-state index contributed by atoms with van der Waals surface area (Å²) in [6.45, 7) is 5.89. The van der Waals surface area contributed by atoms with Crippen LogP contribution in [0.5, 0.6) is 5.75 Å². The van der Waals surface area contributed by atoms with Gasteiger partial charge in [0.1, 0.15) is 5.75 Å². The lowest BCUT2D eigenvalue weighted by molar-refractivity contribution is -0.123. The molecule has 2 N–H and O–H groups in total. The van der Waals surface area contributed by atoms with Crippen molar-refractivity contribution in [2.75, 3.05) is 6.61 Å².